The molecule has 8 heteroatoms. The van der Waals surface area contributed by atoms with Crippen molar-refractivity contribution in [2.75, 3.05) is 0 Å². The minimum Gasteiger partial charge on any atom is -0.444 e. The van der Waals surface area contributed by atoms with Gasteiger partial charge in [-0.05, 0) is 109 Å². The van der Waals surface area contributed by atoms with E-state index in [4.69, 9.17) is 16.0 Å². The molecule has 2 aromatic carbocycles. The number of carbonyl (C=O) groups excluding carboxylic acids is 2. The Morgan fingerprint density at radius 2 is 1.28 bits per heavy atom. The zero-order valence-corrected chi connectivity index (χ0v) is 25.4. The number of ether oxygens (including phenoxy) is 2. The van der Waals surface area contributed by atoms with Crippen LogP contribution >= 0.6 is 15.9 Å². The summed E-state index contributed by atoms with van der Waals surface area (Å²) < 4.78 is 11.7. The van der Waals surface area contributed by atoms with Gasteiger partial charge in [0, 0.05) is 4.47 Å². The van der Waals surface area contributed by atoms with Crippen LogP contribution in [0.25, 0.3) is 4.85 Å². The molecule has 0 saturated carbocycles. The quantitative estimate of drug-likeness (QED) is 0.340. The van der Waals surface area contributed by atoms with Gasteiger partial charge in [0.05, 0.1) is 18.7 Å². The minimum atomic E-state index is -0.491. The van der Waals surface area contributed by atoms with Crippen LogP contribution in [0.1, 0.15) is 102 Å². The number of hydrogen-bond acceptors (Lipinski definition) is 4. The second-order valence-electron chi connectivity index (χ2n) is 12.0. The van der Waals surface area contributed by atoms with Crippen LogP contribution in [-0.4, -0.2) is 23.4 Å². The number of hydrogen-bond donors (Lipinski definition) is 2. The van der Waals surface area contributed by atoms with Crippen molar-refractivity contribution in [3.63, 3.8) is 0 Å². The fourth-order valence-electron chi connectivity index (χ4n) is 4.85. The monoisotopic (exact) mass is 597 g/mol. The summed E-state index contributed by atoms with van der Waals surface area (Å²) in [4.78, 5) is 27.2. The normalized spacial score (nSPS) is 18.2. The molecule has 2 aliphatic carbocycles. The average molecular weight is 599 g/mol. The summed E-state index contributed by atoms with van der Waals surface area (Å²) in [7, 11) is 0. The smallest absolute Gasteiger partial charge is 0.408 e. The number of aryl methyl sites for hydroxylation is 2. The average Bonchev–Trinajstić information content (AvgIpc) is 2.82. The Bertz CT molecular complexity index is 1220. The van der Waals surface area contributed by atoms with Crippen molar-refractivity contribution in [1.82, 2.24) is 10.6 Å². The molecule has 0 spiro atoms. The molecule has 7 nitrogen and oxygen atoms in total. The molecule has 2 amide bonds. The second-order valence-corrected chi connectivity index (χ2v) is 12.9. The SMILES string of the molecule is CC(C)(C)OC(=O)NC1CCCc2cc(Br)ccc21.[C-]#[N+]c1ccc2c(c1)CCCC2NC(=O)OC(C)(C)C. The van der Waals surface area contributed by atoms with Crippen molar-refractivity contribution >= 4 is 33.8 Å². The number of alkyl carbamates (subject to hydrolysis) is 2. The summed E-state index contributed by atoms with van der Waals surface area (Å²) >= 11 is 3.49. The molecule has 2 atom stereocenters. The Kier molecular flexibility index (Phi) is 10.1. The van der Waals surface area contributed by atoms with Gasteiger partial charge in [0.15, 0.2) is 5.69 Å². The Morgan fingerprint density at radius 3 is 1.74 bits per heavy atom. The van der Waals surface area contributed by atoms with Gasteiger partial charge in [-0.3, -0.25) is 0 Å². The lowest BCUT2D eigenvalue weighted by atomic mass is 9.87. The van der Waals surface area contributed by atoms with E-state index in [1.807, 2.05) is 59.7 Å². The third kappa shape index (κ3) is 9.58. The lowest BCUT2D eigenvalue weighted by Gasteiger charge is -2.28. The van der Waals surface area contributed by atoms with E-state index in [1.54, 1.807) is 6.07 Å². The number of fused-ring (bicyclic) bond motifs is 2. The molecule has 39 heavy (non-hydrogen) atoms. The maximum Gasteiger partial charge on any atom is 0.408 e. The summed E-state index contributed by atoms with van der Waals surface area (Å²) in [5.41, 5.74) is 4.49. The number of nitrogens with zero attached hydrogens (tertiary/aromatic N) is 1. The van der Waals surface area contributed by atoms with Crippen LogP contribution in [-0.2, 0) is 22.3 Å². The maximum absolute atomic E-state index is 11.9. The molecule has 0 fully saturated rings. The Morgan fingerprint density at radius 1 is 0.821 bits per heavy atom. The highest BCUT2D eigenvalue weighted by molar-refractivity contribution is 9.10. The molecule has 0 aliphatic heterocycles. The number of benzene rings is 2. The van der Waals surface area contributed by atoms with Crippen molar-refractivity contribution in [2.24, 2.45) is 0 Å². The van der Waals surface area contributed by atoms with Gasteiger partial charge < -0.3 is 20.1 Å². The summed E-state index contributed by atoms with van der Waals surface area (Å²) in [5.74, 6) is 0. The van der Waals surface area contributed by atoms with E-state index in [0.29, 0.717) is 5.69 Å². The van der Waals surface area contributed by atoms with Gasteiger partial charge in [-0.15, -0.1) is 0 Å². The van der Waals surface area contributed by atoms with Crippen LogP contribution in [0, 0.1) is 6.57 Å². The zero-order valence-electron chi connectivity index (χ0n) is 23.8. The van der Waals surface area contributed by atoms with Crippen LogP contribution in [0.2, 0.25) is 0 Å². The first-order valence-electron chi connectivity index (χ1n) is 13.5. The van der Waals surface area contributed by atoms with Gasteiger partial charge in [0.2, 0.25) is 0 Å². The number of rotatable bonds is 2. The molecule has 4 rings (SSSR count). The number of amides is 2. The first-order valence-corrected chi connectivity index (χ1v) is 14.3. The Balaban J connectivity index is 0.000000216. The van der Waals surface area contributed by atoms with Gasteiger partial charge in [0.1, 0.15) is 11.2 Å². The molecule has 2 unspecified atom stereocenters. The van der Waals surface area contributed by atoms with Crippen molar-refractivity contribution in [3.05, 3.63) is 74.5 Å². The summed E-state index contributed by atoms with van der Waals surface area (Å²) in [6.45, 7) is 18.2. The molecule has 0 bridgehead atoms. The topological polar surface area (TPSA) is 81.0 Å². The lowest BCUT2D eigenvalue weighted by Crippen LogP contribution is -2.36. The zero-order chi connectivity index (χ0) is 28.8. The van der Waals surface area contributed by atoms with E-state index in [2.05, 4.69) is 43.5 Å². The maximum atomic E-state index is 11.9. The van der Waals surface area contributed by atoms with Gasteiger partial charge in [-0.25, -0.2) is 14.4 Å². The van der Waals surface area contributed by atoms with E-state index in [0.717, 1.165) is 54.1 Å². The highest BCUT2D eigenvalue weighted by Gasteiger charge is 2.26. The molecule has 2 N–H and O–H groups in total. The molecule has 0 radical (unpaired) electrons. The van der Waals surface area contributed by atoms with E-state index in [9.17, 15) is 9.59 Å². The van der Waals surface area contributed by atoms with Crippen LogP contribution in [0.5, 0.6) is 0 Å². The van der Waals surface area contributed by atoms with Crippen LogP contribution in [0.4, 0.5) is 15.3 Å². The highest BCUT2D eigenvalue weighted by atomic mass is 79.9. The van der Waals surface area contributed by atoms with Crippen molar-refractivity contribution < 1.29 is 19.1 Å². The summed E-state index contributed by atoms with van der Waals surface area (Å²) in [6.07, 6.45) is 5.28. The van der Waals surface area contributed by atoms with Gasteiger partial charge in [-0.1, -0.05) is 45.8 Å². The van der Waals surface area contributed by atoms with Crippen LogP contribution in [0.15, 0.2) is 40.9 Å². The number of carbonyl (C=O) groups is 2. The Labute approximate surface area is 241 Å². The van der Waals surface area contributed by atoms with Crippen LogP contribution in [0.3, 0.4) is 0 Å². The first-order chi connectivity index (χ1) is 18.2. The molecular weight excluding hydrogens is 558 g/mol. The number of halogens is 1. The summed E-state index contributed by atoms with van der Waals surface area (Å²) in [5, 5.41) is 5.91. The van der Waals surface area contributed by atoms with Gasteiger partial charge in [-0.2, -0.15) is 0 Å². The van der Waals surface area contributed by atoms with E-state index >= 15 is 0 Å². The van der Waals surface area contributed by atoms with E-state index in [1.165, 1.54) is 11.1 Å². The number of nitrogens with one attached hydrogen (secondary N) is 2. The third-order valence-electron chi connectivity index (χ3n) is 6.37. The van der Waals surface area contributed by atoms with Crippen molar-refractivity contribution in [1.29, 1.82) is 0 Å². The predicted octanol–water partition coefficient (Wildman–Crippen LogP) is 8.49. The standard InChI is InChI=1S/C16H20N2O2.C15H20BrNO2/c1-16(2,3)20-15(19)18-14-7-5-6-11-10-12(17-4)8-9-13(11)14;1-15(2,3)19-14(18)17-13-6-4-5-10-9-11(16)7-8-12(10)13/h8-10,14H,5-7H2,1-3H3,(H,18,19);7-9,13H,4-6H2,1-3H3,(H,17,18). The Hall–Kier alpha value is -3.05. The largest absolute Gasteiger partial charge is 0.444 e. The first kappa shape index (κ1) is 30.5. The highest BCUT2D eigenvalue weighted by Crippen LogP contribution is 2.33. The molecular formula is C31H40BrN3O4. The van der Waals surface area contributed by atoms with Crippen molar-refractivity contribution in [2.45, 2.75) is 103 Å². The lowest BCUT2D eigenvalue weighted by molar-refractivity contribution is 0.0487. The second kappa shape index (κ2) is 12.9. The summed E-state index contributed by atoms with van der Waals surface area (Å²) in [6, 6.07) is 12.0. The molecule has 2 aliphatic rings. The van der Waals surface area contributed by atoms with Gasteiger partial charge >= 0.3 is 12.2 Å². The fraction of sp³-hybridized carbons (Fsp3) is 0.516. The van der Waals surface area contributed by atoms with Gasteiger partial charge in [0.25, 0.3) is 0 Å². The molecule has 0 saturated heterocycles. The fourth-order valence-corrected chi connectivity index (χ4v) is 5.26. The van der Waals surface area contributed by atoms with E-state index < -0.39 is 11.2 Å². The predicted molar refractivity (Wildman–Crippen MR) is 157 cm³/mol. The van der Waals surface area contributed by atoms with Crippen LogP contribution < -0.4 is 10.6 Å². The molecule has 0 aromatic heterocycles. The third-order valence-corrected chi connectivity index (χ3v) is 6.86. The minimum absolute atomic E-state index is 0.0200. The van der Waals surface area contributed by atoms with Crippen molar-refractivity contribution in [3.8, 4) is 0 Å². The molecule has 210 valence electrons. The molecule has 0 heterocycles. The van der Waals surface area contributed by atoms with E-state index in [-0.39, 0.29) is 24.3 Å². The molecule has 2 aromatic rings.